The zero-order valence-electron chi connectivity index (χ0n) is 19.5. The first-order chi connectivity index (χ1) is 11.9. The molecule has 3 aromatic rings. The van der Waals surface area contributed by atoms with Gasteiger partial charge in [-0.25, -0.2) is 11.6 Å². The fourth-order valence-electron chi connectivity index (χ4n) is 3.35. The monoisotopic (exact) mass is 602 g/mol. The van der Waals surface area contributed by atoms with E-state index >= 15 is 0 Å². The zero-order chi connectivity index (χ0) is 18.3. The molecule has 4 rings (SSSR count). The maximum Gasteiger partial charge on any atom is -0.0289 e. The van der Waals surface area contributed by atoms with Gasteiger partial charge in [-0.05, 0) is 19.3 Å². The molecule has 0 bridgehead atoms. The summed E-state index contributed by atoms with van der Waals surface area (Å²) < 4.78 is 0. The normalized spacial score (nSPS) is 10.7. The van der Waals surface area contributed by atoms with Crippen LogP contribution in [0.5, 0.6) is 0 Å². The summed E-state index contributed by atoms with van der Waals surface area (Å²) in [5.74, 6) is 0. The zero-order valence-corrected chi connectivity index (χ0v) is 26.1. The summed E-state index contributed by atoms with van der Waals surface area (Å²) in [5.41, 5.74) is 4.67. The van der Waals surface area contributed by atoms with Crippen molar-refractivity contribution in [3.63, 3.8) is 0 Å². The van der Waals surface area contributed by atoms with E-state index in [1.165, 1.54) is 41.6 Å². The molecule has 0 unspecified atom stereocenters. The second kappa shape index (κ2) is 16.4. The van der Waals surface area contributed by atoms with Gasteiger partial charge < -0.3 is 29.7 Å². The third-order valence-electron chi connectivity index (χ3n) is 4.32. The molecule has 0 fully saturated rings. The standard InChI is InChI=1S/C12H11.C9H15Si.4CH3.Hf.2Si/c1-3-9-7-11-5-2-6-12(11)8-10(9)4-1;1-10(2,3)8-9-6-4-5-7-9;;;;;;;/h1,3-4,7-8H,2,5-6H2;4-7H,8H2,1-3H3;4*1H3;;;/q6*-1;;;. The Morgan fingerprint density at radius 1 is 0.931 bits per heavy atom. The van der Waals surface area contributed by atoms with Gasteiger partial charge in [-0.3, -0.25) is 0 Å². The SMILES string of the molecule is C[Si](C)(C)Cc1cc[cH-]c1.[CH3-].[CH3-].[CH3-].[CH3-].[Si]=[Hf]=[Si].c1cc2cc3c(cc2[cH-]1)CCC3. The van der Waals surface area contributed by atoms with Gasteiger partial charge in [0, 0.05) is 8.07 Å². The van der Waals surface area contributed by atoms with Crippen LogP contribution in [-0.2, 0) is 39.0 Å². The van der Waals surface area contributed by atoms with Crippen LogP contribution in [-0.4, -0.2) is 22.0 Å². The molecular formula is C25H38HfSi3-6. The van der Waals surface area contributed by atoms with Crippen molar-refractivity contribution in [2.75, 3.05) is 0 Å². The molecule has 0 atom stereocenters. The van der Waals surface area contributed by atoms with E-state index in [1.54, 1.807) is 11.1 Å². The molecule has 160 valence electrons. The number of benzene rings is 1. The minimum absolute atomic E-state index is 0. The van der Waals surface area contributed by atoms with Crippen LogP contribution in [0.15, 0.2) is 54.6 Å². The van der Waals surface area contributed by atoms with E-state index in [1.807, 2.05) is 0 Å². The summed E-state index contributed by atoms with van der Waals surface area (Å²) in [6, 6.07) is 21.3. The average molecular weight is 601 g/mol. The van der Waals surface area contributed by atoms with E-state index in [2.05, 4.69) is 88.1 Å². The van der Waals surface area contributed by atoms with Gasteiger partial charge in [0.2, 0.25) is 0 Å². The summed E-state index contributed by atoms with van der Waals surface area (Å²) in [4.78, 5) is 0. The molecule has 4 radical (unpaired) electrons. The first-order valence-corrected chi connectivity index (χ1v) is 24.4. The fourth-order valence-corrected chi connectivity index (χ4v) is 4.81. The largest absolute Gasteiger partial charge is 0.168 e. The van der Waals surface area contributed by atoms with Crippen molar-refractivity contribution < 1.29 is 20.2 Å². The summed E-state index contributed by atoms with van der Waals surface area (Å²) in [6.07, 6.45) is 3.93. The van der Waals surface area contributed by atoms with Gasteiger partial charge in [-0.2, -0.15) is 30.3 Å². The molecule has 0 heterocycles. The van der Waals surface area contributed by atoms with Crippen molar-refractivity contribution in [1.29, 1.82) is 0 Å². The molecule has 0 N–H and O–H groups in total. The Morgan fingerprint density at radius 3 is 2.03 bits per heavy atom. The van der Waals surface area contributed by atoms with Crippen molar-refractivity contribution in [1.82, 2.24) is 0 Å². The van der Waals surface area contributed by atoms with Gasteiger partial charge in [0.1, 0.15) is 0 Å². The Morgan fingerprint density at radius 2 is 1.52 bits per heavy atom. The Bertz CT molecular complexity index is 779. The summed E-state index contributed by atoms with van der Waals surface area (Å²) >= 11 is -0.306. The van der Waals surface area contributed by atoms with Crippen molar-refractivity contribution >= 4 is 32.7 Å². The van der Waals surface area contributed by atoms with Crippen LogP contribution in [0.4, 0.5) is 0 Å². The van der Waals surface area contributed by atoms with Crippen molar-refractivity contribution in [2.24, 2.45) is 0 Å². The molecule has 0 saturated heterocycles. The predicted octanol–water partition coefficient (Wildman–Crippen LogP) is 6.91. The third kappa shape index (κ3) is 11.6. The molecule has 4 heteroatoms. The molecule has 0 aromatic heterocycles. The third-order valence-corrected chi connectivity index (χ3v) is 5.78. The molecule has 0 amide bonds. The van der Waals surface area contributed by atoms with E-state index in [0.29, 0.717) is 0 Å². The number of hydrogen-bond donors (Lipinski definition) is 0. The Labute approximate surface area is 197 Å². The smallest absolute Gasteiger partial charge is 0.0289 e. The van der Waals surface area contributed by atoms with Gasteiger partial charge in [-0.15, -0.1) is 29.0 Å². The van der Waals surface area contributed by atoms with Gasteiger partial charge >= 0.3 is 34.0 Å². The second-order valence-electron chi connectivity index (χ2n) is 7.78. The summed E-state index contributed by atoms with van der Waals surface area (Å²) in [7, 11) is -0.862. The van der Waals surface area contributed by atoms with Crippen LogP contribution < -0.4 is 0 Å². The van der Waals surface area contributed by atoms with Crippen LogP contribution in [0.1, 0.15) is 23.1 Å². The van der Waals surface area contributed by atoms with Crippen LogP contribution >= 0.6 is 0 Å². The maximum absolute atomic E-state index is 3.29. The fraction of sp³-hybridized carbons (Fsp3) is 0.280. The number of aryl methyl sites for hydroxylation is 2. The molecule has 1 aliphatic carbocycles. The van der Waals surface area contributed by atoms with Crippen LogP contribution in [0.2, 0.25) is 19.6 Å². The van der Waals surface area contributed by atoms with Crippen LogP contribution in [0, 0.1) is 29.7 Å². The van der Waals surface area contributed by atoms with Gasteiger partial charge in [0.25, 0.3) is 0 Å². The molecular weight excluding hydrogens is 563 g/mol. The van der Waals surface area contributed by atoms with Gasteiger partial charge in [0.05, 0.1) is 0 Å². The van der Waals surface area contributed by atoms with Gasteiger partial charge in [0.15, 0.2) is 0 Å². The van der Waals surface area contributed by atoms with Crippen molar-refractivity contribution in [3.05, 3.63) is 101 Å². The summed E-state index contributed by atoms with van der Waals surface area (Å²) in [5, 5.41) is 2.83. The van der Waals surface area contributed by atoms with Gasteiger partial charge in [-0.1, -0.05) is 36.8 Å². The van der Waals surface area contributed by atoms with Crippen LogP contribution in [0.3, 0.4) is 0 Å². The van der Waals surface area contributed by atoms with E-state index in [4.69, 9.17) is 0 Å². The Hall–Kier alpha value is -0.299. The first-order valence-electron chi connectivity index (χ1n) is 8.89. The molecule has 0 spiro atoms. The topological polar surface area (TPSA) is 0 Å². The van der Waals surface area contributed by atoms with Crippen molar-refractivity contribution in [3.8, 4) is 0 Å². The van der Waals surface area contributed by atoms with Crippen LogP contribution in [0.25, 0.3) is 10.8 Å². The molecule has 29 heavy (non-hydrogen) atoms. The molecule has 1 aliphatic rings. The van der Waals surface area contributed by atoms with E-state index in [0.717, 1.165) is 0 Å². The number of fused-ring (bicyclic) bond motifs is 2. The number of rotatable bonds is 2. The average Bonchev–Trinajstić information content (AvgIpc) is 3.25. The van der Waals surface area contributed by atoms with E-state index in [-0.39, 0.29) is 49.9 Å². The molecule has 3 aromatic carbocycles. The Kier molecular flexibility index (Phi) is 18.9. The molecule has 0 saturated carbocycles. The Balaban J connectivity index is -0.000000371. The van der Waals surface area contributed by atoms with E-state index < -0.39 is 8.07 Å². The minimum atomic E-state index is -0.862. The minimum Gasteiger partial charge on any atom is -0.168 e. The first kappa shape index (κ1) is 33.3. The number of hydrogen-bond acceptors (Lipinski definition) is 0. The van der Waals surface area contributed by atoms with Crippen molar-refractivity contribution in [2.45, 2.75) is 44.9 Å². The molecule has 0 aliphatic heterocycles. The molecule has 0 nitrogen and oxygen atoms in total. The van der Waals surface area contributed by atoms with E-state index in [9.17, 15) is 0 Å². The summed E-state index contributed by atoms with van der Waals surface area (Å²) in [6.45, 7) is 13.8. The maximum atomic E-state index is 3.29. The predicted molar refractivity (Wildman–Crippen MR) is 138 cm³/mol. The second-order valence-corrected chi connectivity index (χ2v) is 22.3. The quantitative estimate of drug-likeness (QED) is 0.221.